The number of thioether (sulfide) groups is 1. The van der Waals surface area contributed by atoms with E-state index in [1.807, 2.05) is 17.8 Å². The van der Waals surface area contributed by atoms with Gasteiger partial charge >= 0.3 is 0 Å². The second-order valence-electron chi connectivity index (χ2n) is 3.36. The van der Waals surface area contributed by atoms with Gasteiger partial charge in [-0.3, -0.25) is 0 Å². The molecule has 0 bridgehead atoms. The van der Waals surface area contributed by atoms with Crippen LogP contribution in [-0.4, -0.2) is 19.3 Å². The maximum absolute atomic E-state index is 6.19. The first kappa shape index (κ1) is 9.22. The molecule has 0 amide bonds. The molecule has 1 aliphatic rings. The van der Waals surface area contributed by atoms with Crippen molar-refractivity contribution in [3.8, 4) is 0 Å². The van der Waals surface area contributed by atoms with Crippen LogP contribution in [0.15, 0.2) is 17.0 Å². The van der Waals surface area contributed by atoms with E-state index in [1.165, 1.54) is 16.1 Å². The van der Waals surface area contributed by atoms with Gasteiger partial charge in [0.05, 0.1) is 10.7 Å². The Morgan fingerprint density at radius 2 is 2.23 bits per heavy atom. The van der Waals surface area contributed by atoms with Gasteiger partial charge in [0.25, 0.3) is 0 Å². The summed E-state index contributed by atoms with van der Waals surface area (Å²) < 4.78 is 0. The maximum atomic E-state index is 6.19. The van der Waals surface area contributed by atoms with Gasteiger partial charge in [0.15, 0.2) is 0 Å². The van der Waals surface area contributed by atoms with Crippen molar-refractivity contribution in [2.75, 3.05) is 24.2 Å². The Hall–Kier alpha value is -0.340. The average molecular weight is 214 g/mol. The molecule has 70 valence electrons. The highest BCUT2D eigenvalue weighted by Gasteiger charge is 2.17. The molecule has 2 rings (SSSR count). The van der Waals surface area contributed by atoms with E-state index in [0.717, 1.165) is 17.3 Å². The lowest BCUT2D eigenvalue weighted by Gasteiger charge is -2.28. The number of fused-ring (bicyclic) bond motifs is 1. The fourth-order valence-corrected chi connectivity index (χ4v) is 3.32. The van der Waals surface area contributed by atoms with Gasteiger partial charge in [0, 0.05) is 24.2 Å². The second-order valence-corrected chi connectivity index (χ2v) is 4.91. The van der Waals surface area contributed by atoms with Crippen LogP contribution in [0.2, 0.25) is 5.02 Å². The Balaban J connectivity index is 2.56. The van der Waals surface area contributed by atoms with Crippen molar-refractivity contribution in [2.24, 2.45) is 0 Å². The molecule has 0 saturated carbocycles. The summed E-state index contributed by atoms with van der Waals surface area (Å²) in [5.41, 5.74) is 2.44. The van der Waals surface area contributed by atoms with Crippen LogP contribution in [0, 0.1) is 6.92 Å². The van der Waals surface area contributed by atoms with Crippen molar-refractivity contribution in [1.82, 2.24) is 0 Å². The zero-order valence-electron chi connectivity index (χ0n) is 7.80. The van der Waals surface area contributed by atoms with Gasteiger partial charge in [-0.05, 0) is 24.6 Å². The number of hydrogen-bond acceptors (Lipinski definition) is 2. The minimum absolute atomic E-state index is 0.879. The predicted octanol–water partition coefficient (Wildman–Crippen LogP) is 3.19. The lowest BCUT2D eigenvalue weighted by molar-refractivity contribution is 0.942. The number of hydrogen-bond donors (Lipinski definition) is 0. The molecule has 0 fully saturated rings. The molecule has 1 heterocycles. The molecule has 0 atom stereocenters. The zero-order valence-corrected chi connectivity index (χ0v) is 9.37. The van der Waals surface area contributed by atoms with Crippen LogP contribution in [0.1, 0.15) is 5.56 Å². The quantitative estimate of drug-likeness (QED) is 0.651. The second kappa shape index (κ2) is 3.43. The molecule has 1 aromatic carbocycles. The van der Waals surface area contributed by atoms with Crippen molar-refractivity contribution in [1.29, 1.82) is 0 Å². The van der Waals surface area contributed by atoms with Crippen LogP contribution < -0.4 is 4.90 Å². The standard InChI is InChI=1S/C10H12ClNS/c1-7-5-8(11)10-9(6-7)13-4-3-12(10)2/h5-6H,3-4H2,1-2H3. The molecule has 1 nitrogen and oxygen atoms in total. The number of aryl methyl sites for hydroxylation is 1. The van der Waals surface area contributed by atoms with E-state index in [4.69, 9.17) is 11.6 Å². The molecule has 0 radical (unpaired) electrons. The first-order valence-corrected chi connectivity index (χ1v) is 5.69. The van der Waals surface area contributed by atoms with Gasteiger partial charge in [0.1, 0.15) is 0 Å². The van der Waals surface area contributed by atoms with E-state index < -0.39 is 0 Å². The van der Waals surface area contributed by atoms with Gasteiger partial charge in [0.2, 0.25) is 0 Å². The monoisotopic (exact) mass is 213 g/mol. The number of benzene rings is 1. The molecule has 0 unspecified atom stereocenters. The molecular formula is C10H12ClNS. The van der Waals surface area contributed by atoms with E-state index in [9.17, 15) is 0 Å². The molecule has 0 spiro atoms. The number of anilines is 1. The molecule has 1 aromatic rings. The van der Waals surface area contributed by atoms with Crippen LogP contribution in [-0.2, 0) is 0 Å². The van der Waals surface area contributed by atoms with Gasteiger partial charge in [-0.25, -0.2) is 0 Å². The maximum Gasteiger partial charge on any atom is 0.0691 e. The highest BCUT2D eigenvalue weighted by Crippen LogP contribution is 2.39. The van der Waals surface area contributed by atoms with E-state index in [0.29, 0.717) is 0 Å². The van der Waals surface area contributed by atoms with Gasteiger partial charge in [-0.2, -0.15) is 0 Å². The Morgan fingerprint density at radius 3 is 3.00 bits per heavy atom. The fraction of sp³-hybridized carbons (Fsp3) is 0.400. The lowest BCUT2D eigenvalue weighted by Crippen LogP contribution is -2.24. The normalized spacial score (nSPS) is 15.8. The van der Waals surface area contributed by atoms with E-state index >= 15 is 0 Å². The summed E-state index contributed by atoms with van der Waals surface area (Å²) in [4.78, 5) is 3.55. The predicted molar refractivity (Wildman–Crippen MR) is 60.2 cm³/mol. The third-order valence-electron chi connectivity index (χ3n) is 2.24. The third kappa shape index (κ3) is 1.65. The van der Waals surface area contributed by atoms with Gasteiger partial charge < -0.3 is 4.90 Å². The van der Waals surface area contributed by atoms with Crippen molar-refractivity contribution < 1.29 is 0 Å². The van der Waals surface area contributed by atoms with Crippen molar-refractivity contribution in [3.63, 3.8) is 0 Å². The molecule has 0 N–H and O–H groups in total. The Bertz CT molecular complexity index is 338. The van der Waals surface area contributed by atoms with Crippen LogP contribution in [0.4, 0.5) is 5.69 Å². The van der Waals surface area contributed by atoms with E-state index in [-0.39, 0.29) is 0 Å². The van der Waals surface area contributed by atoms with E-state index in [2.05, 4.69) is 24.9 Å². The summed E-state index contributed by atoms with van der Waals surface area (Å²) >= 11 is 8.08. The first-order valence-electron chi connectivity index (χ1n) is 4.32. The molecule has 0 aromatic heterocycles. The molecule has 13 heavy (non-hydrogen) atoms. The fourth-order valence-electron chi connectivity index (χ4n) is 1.59. The third-order valence-corrected chi connectivity index (χ3v) is 3.54. The highest BCUT2D eigenvalue weighted by atomic mass is 35.5. The van der Waals surface area contributed by atoms with Crippen LogP contribution >= 0.6 is 23.4 Å². The van der Waals surface area contributed by atoms with Crippen molar-refractivity contribution in [2.45, 2.75) is 11.8 Å². The Morgan fingerprint density at radius 1 is 1.46 bits per heavy atom. The largest absolute Gasteiger partial charge is 0.372 e. The average Bonchev–Trinajstić information content (AvgIpc) is 2.02. The van der Waals surface area contributed by atoms with E-state index in [1.54, 1.807) is 0 Å². The minimum atomic E-state index is 0.879. The smallest absolute Gasteiger partial charge is 0.0691 e. The number of halogens is 1. The summed E-state index contributed by atoms with van der Waals surface area (Å²) in [5, 5.41) is 0.879. The minimum Gasteiger partial charge on any atom is -0.372 e. The molecule has 1 aliphatic heterocycles. The first-order chi connectivity index (χ1) is 6.18. The number of nitrogens with zero attached hydrogens (tertiary/aromatic N) is 1. The van der Waals surface area contributed by atoms with Crippen molar-refractivity contribution >= 4 is 29.1 Å². The summed E-state index contributed by atoms with van der Waals surface area (Å²) in [6.45, 7) is 3.17. The summed E-state index contributed by atoms with van der Waals surface area (Å²) in [5.74, 6) is 1.16. The molecule has 0 aliphatic carbocycles. The summed E-state index contributed by atoms with van der Waals surface area (Å²) in [6, 6.07) is 4.24. The lowest BCUT2D eigenvalue weighted by atomic mass is 10.2. The van der Waals surface area contributed by atoms with Crippen LogP contribution in [0.25, 0.3) is 0 Å². The van der Waals surface area contributed by atoms with Gasteiger partial charge in [-0.1, -0.05) is 11.6 Å². The summed E-state index contributed by atoms with van der Waals surface area (Å²) in [6.07, 6.45) is 0. The highest BCUT2D eigenvalue weighted by molar-refractivity contribution is 7.99. The topological polar surface area (TPSA) is 3.24 Å². The van der Waals surface area contributed by atoms with Crippen LogP contribution in [0.5, 0.6) is 0 Å². The molecule has 0 saturated heterocycles. The Kier molecular flexibility index (Phi) is 2.43. The molecular weight excluding hydrogens is 202 g/mol. The summed E-state index contributed by atoms with van der Waals surface area (Å²) in [7, 11) is 2.10. The van der Waals surface area contributed by atoms with Crippen molar-refractivity contribution in [3.05, 3.63) is 22.7 Å². The van der Waals surface area contributed by atoms with Crippen LogP contribution in [0.3, 0.4) is 0 Å². The Labute approximate surface area is 88.1 Å². The zero-order chi connectivity index (χ0) is 9.42. The molecule has 3 heteroatoms. The SMILES string of the molecule is Cc1cc(Cl)c2c(c1)SCCN2C. The van der Waals surface area contributed by atoms with Gasteiger partial charge in [-0.15, -0.1) is 11.8 Å². The number of rotatable bonds is 0.